The molecule has 1 heterocycles. The summed E-state index contributed by atoms with van der Waals surface area (Å²) in [5, 5.41) is 4.61. The maximum absolute atomic E-state index is 6.22. The first-order valence-electron chi connectivity index (χ1n) is 5.50. The molecule has 4 heteroatoms. The van der Waals surface area contributed by atoms with Crippen LogP contribution in [0.1, 0.15) is 6.42 Å². The van der Waals surface area contributed by atoms with Gasteiger partial charge in [0.2, 0.25) is 0 Å². The van der Waals surface area contributed by atoms with Crippen molar-refractivity contribution in [2.75, 3.05) is 18.0 Å². The summed E-state index contributed by atoms with van der Waals surface area (Å²) >= 11 is 12.4. The van der Waals surface area contributed by atoms with Gasteiger partial charge in [0.15, 0.2) is 0 Å². The summed E-state index contributed by atoms with van der Waals surface area (Å²) < 4.78 is 0. The van der Waals surface area contributed by atoms with Crippen molar-refractivity contribution in [3.63, 3.8) is 0 Å². The highest BCUT2D eigenvalue weighted by atomic mass is 35.5. The van der Waals surface area contributed by atoms with Gasteiger partial charge in [-0.1, -0.05) is 35.3 Å². The van der Waals surface area contributed by atoms with Crippen LogP contribution in [0.25, 0.3) is 0 Å². The molecule has 1 aliphatic rings. The van der Waals surface area contributed by atoms with Crippen LogP contribution >= 0.6 is 23.2 Å². The summed E-state index contributed by atoms with van der Waals surface area (Å²) in [5.74, 6) is 1.04. The Morgan fingerprint density at radius 3 is 2.59 bits per heavy atom. The first-order chi connectivity index (χ1) is 8.24. The molecule has 0 saturated carbocycles. The van der Waals surface area contributed by atoms with Crippen LogP contribution in [0, 0.1) is 0 Å². The zero-order chi connectivity index (χ0) is 12.3. The van der Waals surface area contributed by atoms with Crippen LogP contribution in [-0.4, -0.2) is 13.1 Å². The van der Waals surface area contributed by atoms with Crippen LogP contribution in [0.2, 0.25) is 10.0 Å². The fourth-order valence-electron chi connectivity index (χ4n) is 1.87. The summed E-state index contributed by atoms with van der Waals surface area (Å²) in [4.78, 5) is 2.05. The van der Waals surface area contributed by atoms with Crippen LogP contribution in [-0.2, 0) is 0 Å². The molecule has 0 aliphatic carbocycles. The van der Waals surface area contributed by atoms with Crippen LogP contribution in [0.15, 0.2) is 42.8 Å². The lowest BCUT2D eigenvalue weighted by Crippen LogP contribution is -2.29. The fourth-order valence-corrected chi connectivity index (χ4v) is 2.47. The molecule has 17 heavy (non-hydrogen) atoms. The van der Waals surface area contributed by atoms with E-state index in [9.17, 15) is 0 Å². The molecule has 0 aromatic heterocycles. The molecule has 1 aliphatic heterocycles. The first-order valence-corrected chi connectivity index (χ1v) is 6.26. The predicted octanol–water partition coefficient (Wildman–Crippen LogP) is 3.82. The van der Waals surface area contributed by atoms with Crippen LogP contribution < -0.4 is 10.2 Å². The van der Waals surface area contributed by atoms with E-state index < -0.39 is 0 Å². The van der Waals surface area contributed by atoms with Gasteiger partial charge in [0.1, 0.15) is 5.82 Å². The van der Waals surface area contributed by atoms with E-state index in [2.05, 4.69) is 18.0 Å². The quantitative estimate of drug-likeness (QED) is 0.836. The van der Waals surface area contributed by atoms with Crippen molar-refractivity contribution >= 4 is 28.9 Å². The maximum atomic E-state index is 6.22. The highest BCUT2D eigenvalue weighted by Gasteiger charge is 2.18. The molecular weight excluding hydrogens is 255 g/mol. The number of anilines is 1. The van der Waals surface area contributed by atoms with Crippen LogP contribution in [0.4, 0.5) is 5.69 Å². The maximum Gasteiger partial charge on any atom is 0.102 e. The Labute approximate surface area is 112 Å². The van der Waals surface area contributed by atoms with Gasteiger partial charge in [0.25, 0.3) is 0 Å². The minimum Gasteiger partial charge on any atom is -0.371 e. The third-order valence-corrected chi connectivity index (χ3v) is 3.21. The molecule has 0 radical (unpaired) electrons. The second kappa shape index (κ2) is 5.48. The van der Waals surface area contributed by atoms with Gasteiger partial charge in [-0.2, -0.15) is 0 Å². The van der Waals surface area contributed by atoms with E-state index in [4.69, 9.17) is 23.2 Å². The summed E-state index contributed by atoms with van der Waals surface area (Å²) in [5.41, 5.74) is 0.830. The van der Waals surface area contributed by atoms with Gasteiger partial charge in [-0.25, -0.2) is 0 Å². The number of nitrogens with zero attached hydrogens (tertiary/aromatic N) is 1. The molecule has 0 atom stereocenters. The van der Waals surface area contributed by atoms with Crippen molar-refractivity contribution in [3.8, 4) is 0 Å². The smallest absolute Gasteiger partial charge is 0.102 e. The summed E-state index contributed by atoms with van der Waals surface area (Å²) in [6.07, 6.45) is 4.99. The van der Waals surface area contributed by atoms with Gasteiger partial charge in [0, 0.05) is 13.1 Å². The van der Waals surface area contributed by atoms with Gasteiger partial charge < -0.3 is 10.2 Å². The minimum atomic E-state index is 0.647. The molecule has 1 N–H and O–H groups in total. The Bertz CT molecular complexity index is 434. The highest BCUT2D eigenvalue weighted by molar-refractivity contribution is 6.39. The molecule has 1 aromatic carbocycles. The van der Waals surface area contributed by atoms with E-state index >= 15 is 0 Å². The van der Waals surface area contributed by atoms with Gasteiger partial charge in [-0.05, 0) is 24.6 Å². The number of benzene rings is 1. The van der Waals surface area contributed by atoms with Crippen LogP contribution in [0.5, 0.6) is 0 Å². The number of hydrogen-bond donors (Lipinski definition) is 1. The Kier molecular flexibility index (Phi) is 3.97. The largest absolute Gasteiger partial charge is 0.371 e. The third-order valence-electron chi connectivity index (χ3n) is 2.60. The summed E-state index contributed by atoms with van der Waals surface area (Å²) in [6, 6.07) is 5.53. The highest BCUT2D eigenvalue weighted by Crippen LogP contribution is 2.35. The van der Waals surface area contributed by atoms with Crippen molar-refractivity contribution in [2.45, 2.75) is 6.42 Å². The SMILES string of the molecule is C=CCN(C1=CCCN1)c1c(Cl)cccc1Cl. The van der Waals surface area contributed by atoms with E-state index in [1.165, 1.54) is 0 Å². The zero-order valence-corrected chi connectivity index (χ0v) is 10.9. The minimum absolute atomic E-state index is 0.647. The van der Waals surface area contributed by atoms with Crippen molar-refractivity contribution in [2.24, 2.45) is 0 Å². The third kappa shape index (κ3) is 2.59. The van der Waals surface area contributed by atoms with Crippen molar-refractivity contribution < 1.29 is 0 Å². The van der Waals surface area contributed by atoms with Crippen molar-refractivity contribution in [3.05, 3.63) is 52.8 Å². The second-order valence-electron chi connectivity index (χ2n) is 3.77. The number of para-hydroxylation sites is 1. The van der Waals surface area contributed by atoms with Crippen LogP contribution in [0.3, 0.4) is 0 Å². The van der Waals surface area contributed by atoms with Crippen molar-refractivity contribution in [1.29, 1.82) is 0 Å². The normalized spacial score (nSPS) is 14.1. The Balaban J connectivity index is 2.41. The average Bonchev–Trinajstić information content (AvgIpc) is 2.80. The van der Waals surface area contributed by atoms with E-state index in [1.54, 1.807) is 0 Å². The topological polar surface area (TPSA) is 15.3 Å². The first kappa shape index (κ1) is 12.3. The molecule has 0 amide bonds. The predicted molar refractivity (Wildman–Crippen MR) is 74.7 cm³/mol. The molecule has 0 saturated heterocycles. The number of halogens is 2. The molecule has 1 aromatic rings. The zero-order valence-electron chi connectivity index (χ0n) is 9.42. The Morgan fingerprint density at radius 1 is 1.35 bits per heavy atom. The van der Waals surface area contributed by atoms with E-state index in [1.807, 2.05) is 29.2 Å². The Hall–Kier alpha value is -1.12. The van der Waals surface area contributed by atoms with Gasteiger partial charge in [0.05, 0.1) is 15.7 Å². The van der Waals surface area contributed by atoms with Gasteiger partial charge in [-0.3, -0.25) is 0 Å². The molecular formula is C13H14Cl2N2. The molecule has 2 rings (SSSR count). The van der Waals surface area contributed by atoms with E-state index in [0.29, 0.717) is 16.6 Å². The lowest BCUT2D eigenvalue weighted by molar-refractivity contribution is 0.822. The average molecular weight is 269 g/mol. The molecule has 0 spiro atoms. The lowest BCUT2D eigenvalue weighted by Gasteiger charge is -2.26. The van der Waals surface area contributed by atoms with E-state index in [-0.39, 0.29) is 0 Å². The summed E-state index contributed by atoms with van der Waals surface area (Å²) in [6.45, 7) is 5.39. The molecule has 2 nitrogen and oxygen atoms in total. The number of hydrogen-bond acceptors (Lipinski definition) is 2. The molecule has 0 bridgehead atoms. The molecule has 90 valence electrons. The number of rotatable bonds is 4. The fraction of sp³-hybridized carbons (Fsp3) is 0.231. The standard InChI is InChI=1S/C13H14Cl2N2/c1-2-9-17(12-7-4-8-16-12)13-10(14)5-3-6-11(13)15/h2-3,5-7,16H,1,4,8-9H2. The summed E-state index contributed by atoms with van der Waals surface area (Å²) in [7, 11) is 0. The Morgan fingerprint density at radius 2 is 2.06 bits per heavy atom. The molecule has 0 fully saturated rings. The monoisotopic (exact) mass is 268 g/mol. The van der Waals surface area contributed by atoms with Gasteiger partial charge >= 0.3 is 0 Å². The van der Waals surface area contributed by atoms with Crippen molar-refractivity contribution in [1.82, 2.24) is 5.32 Å². The van der Waals surface area contributed by atoms with E-state index in [0.717, 1.165) is 24.5 Å². The van der Waals surface area contributed by atoms with Gasteiger partial charge in [-0.15, -0.1) is 6.58 Å². The number of nitrogens with one attached hydrogen (secondary N) is 1. The second-order valence-corrected chi connectivity index (χ2v) is 4.59. The molecule has 0 unspecified atom stereocenters. The lowest BCUT2D eigenvalue weighted by atomic mass is 10.2.